The van der Waals surface area contributed by atoms with Gasteiger partial charge in [-0.05, 0) is 90.6 Å². The number of carbonyl (C=O) groups excluding carboxylic acids is 2. The highest BCUT2D eigenvalue weighted by Crippen LogP contribution is 2.46. The molecule has 3 aliphatic heterocycles. The van der Waals surface area contributed by atoms with E-state index in [4.69, 9.17) is 33.2 Å². The Bertz CT molecular complexity index is 1190. The fraction of sp³-hybridized carbons (Fsp3) is 0.952. The minimum atomic E-state index is -0.908. The van der Waals surface area contributed by atoms with E-state index < -0.39 is 71.9 Å². The number of esters is 2. The Morgan fingerprint density at radius 1 is 0.925 bits per heavy atom. The molecule has 0 spiro atoms. The van der Waals surface area contributed by atoms with Crippen molar-refractivity contribution in [3.8, 4) is 0 Å². The number of nitrogens with zero attached hydrogens (tertiary/aromatic N) is 1. The molecule has 16 atom stereocenters. The van der Waals surface area contributed by atoms with Crippen molar-refractivity contribution >= 4 is 11.9 Å². The van der Waals surface area contributed by atoms with Crippen LogP contribution in [0.3, 0.4) is 0 Å². The summed E-state index contributed by atoms with van der Waals surface area (Å²) in [6, 6.07) is -0.147. The molecule has 0 aliphatic carbocycles. The lowest BCUT2D eigenvalue weighted by Crippen LogP contribution is -2.60. The van der Waals surface area contributed by atoms with Gasteiger partial charge in [0.1, 0.15) is 17.8 Å². The van der Waals surface area contributed by atoms with Gasteiger partial charge in [0.25, 0.3) is 0 Å². The first kappa shape index (κ1) is 46.0. The van der Waals surface area contributed by atoms with Crippen LogP contribution in [-0.4, -0.2) is 110 Å². The highest BCUT2D eigenvalue weighted by atomic mass is 16.7. The number of aliphatic hydroxyl groups excluding tert-OH is 1. The van der Waals surface area contributed by atoms with Crippen LogP contribution in [0.4, 0.5) is 0 Å². The van der Waals surface area contributed by atoms with E-state index in [0.29, 0.717) is 24.7 Å². The molecule has 0 aromatic heterocycles. The number of carbonyl (C=O) groups is 2. The average molecular weight is 756 g/mol. The summed E-state index contributed by atoms with van der Waals surface area (Å²) in [5.74, 6) is -0.839. The molecule has 0 aromatic carbocycles. The van der Waals surface area contributed by atoms with Crippen molar-refractivity contribution in [2.45, 2.75) is 196 Å². The molecule has 0 saturated carbocycles. The highest BCUT2D eigenvalue weighted by Gasteiger charge is 2.52. The van der Waals surface area contributed by atoms with Gasteiger partial charge in [-0.2, -0.15) is 0 Å². The first-order chi connectivity index (χ1) is 24.4. The minimum Gasteiger partial charge on any atom is -0.462 e. The van der Waals surface area contributed by atoms with E-state index in [0.717, 1.165) is 12.8 Å². The summed E-state index contributed by atoms with van der Waals surface area (Å²) in [5, 5.41) is 11.7. The molecule has 3 saturated heterocycles. The SMILES string of the molecule is CC[C@H]1OC(=O)C(C)C(OC2CC(C)(OC)C(OC(C)=O)C(C)O2)C(C)C(OC2OC(C)CC(N(C)C)C2O)C(C)(C)CC(C)CC(C)[C@@H](C)C1(C)C. The Hall–Kier alpha value is -1.34. The van der Waals surface area contributed by atoms with Crippen LogP contribution in [0.5, 0.6) is 0 Å². The molecule has 14 unspecified atom stereocenters. The molecular weight excluding hydrogens is 678 g/mol. The molecule has 11 heteroatoms. The summed E-state index contributed by atoms with van der Waals surface area (Å²) < 4.78 is 45.0. The van der Waals surface area contributed by atoms with Gasteiger partial charge >= 0.3 is 11.9 Å². The lowest BCUT2D eigenvalue weighted by molar-refractivity contribution is -0.314. The molecule has 1 N–H and O–H groups in total. The summed E-state index contributed by atoms with van der Waals surface area (Å²) in [7, 11) is 5.52. The van der Waals surface area contributed by atoms with E-state index in [9.17, 15) is 14.7 Å². The fourth-order valence-electron chi connectivity index (χ4n) is 9.95. The van der Waals surface area contributed by atoms with Crippen LogP contribution in [-0.2, 0) is 42.7 Å². The predicted octanol–water partition coefficient (Wildman–Crippen LogP) is 7.00. The summed E-state index contributed by atoms with van der Waals surface area (Å²) in [6.45, 7) is 28.9. The third kappa shape index (κ3) is 10.7. The lowest BCUT2D eigenvalue weighted by atomic mass is 9.65. The molecule has 3 aliphatic rings. The van der Waals surface area contributed by atoms with E-state index in [2.05, 4.69) is 62.3 Å². The normalized spacial score (nSPS) is 44.5. The van der Waals surface area contributed by atoms with E-state index in [1.807, 2.05) is 46.7 Å². The molecule has 0 bridgehead atoms. The number of rotatable bonds is 8. The quantitative estimate of drug-likeness (QED) is 0.258. The van der Waals surface area contributed by atoms with Crippen molar-refractivity contribution in [2.24, 2.45) is 40.4 Å². The largest absolute Gasteiger partial charge is 0.462 e. The second kappa shape index (κ2) is 18.3. The van der Waals surface area contributed by atoms with Crippen LogP contribution in [0, 0.1) is 40.4 Å². The van der Waals surface area contributed by atoms with Gasteiger partial charge in [0, 0.05) is 37.8 Å². The van der Waals surface area contributed by atoms with Crippen LogP contribution < -0.4 is 0 Å². The summed E-state index contributed by atoms with van der Waals surface area (Å²) in [4.78, 5) is 28.5. The molecule has 0 radical (unpaired) electrons. The van der Waals surface area contributed by atoms with Crippen molar-refractivity contribution in [3.63, 3.8) is 0 Å². The molecule has 3 rings (SSSR count). The van der Waals surface area contributed by atoms with Crippen molar-refractivity contribution < 1.29 is 47.9 Å². The topological polar surface area (TPSA) is 122 Å². The zero-order chi connectivity index (χ0) is 40.4. The van der Waals surface area contributed by atoms with Gasteiger partial charge in [-0.25, -0.2) is 0 Å². The number of likely N-dealkylation sites (N-methyl/N-ethyl adjacent to an activating group) is 1. The van der Waals surface area contributed by atoms with Crippen LogP contribution in [0.1, 0.15) is 129 Å². The van der Waals surface area contributed by atoms with E-state index in [-0.39, 0.29) is 42.0 Å². The number of methoxy groups -OCH3 is 1. The summed E-state index contributed by atoms with van der Waals surface area (Å²) >= 11 is 0. The molecule has 3 fully saturated rings. The molecule has 0 aromatic rings. The summed E-state index contributed by atoms with van der Waals surface area (Å²) in [6.07, 6.45) is -1.94. The third-order valence-corrected chi connectivity index (χ3v) is 13.4. The van der Waals surface area contributed by atoms with Gasteiger partial charge in [0.2, 0.25) is 0 Å². The molecule has 0 amide bonds. The van der Waals surface area contributed by atoms with Crippen molar-refractivity contribution in [1.82, 2.24) is 4.90 Å². The number of ether oxygens (including phenoxy) is 7. The maximum Gasteiger partial charge on any atom is 0.311 e. The molecule has 3 heterocycles. The van der Waals surface area contributed by atoms with Crippen molar-refractivity contribution in [3.05, 3.63) is 0 Å². The lowest BCUT2D eigenvalue weighted by Gasteiger charge is -2.50. The third-order valence-electron chi connectivity index (χ3n) is 13.4. The maximum absolute atomic E-state index is 14.4. The first-order valence-electron chi connectivity index (χ1n) is 20.3. The number of aliphatic hydroxyl groups is 1. The van der Waals surface area contributed by atoms with E-state index in [1.165, 1.54) is 6.92 Å². The minimum absolute atomic E-state index is 0.127. The number of hydrogen-bond acceptors (Lipinski definition) is 11. The monoisotopic (exact) mass is 756 g/mol. The van der Waals surface area contributed by atoms with Crippen LogP contribution >= 0.6 is 0 Å². The molecule has 53 heavy (non-hydrogen) atoms. The van der Waals surface area contributed by atoms with Gasteiger partial charge in [0.15, 0.2) is 18.7 Å². The zero-order valence-electron chi connectivity index (χ0n) is 36.3. The first-order valence-corrected chi connectivity index (χ1v) is 20.3. The van der Waals surface area contributed by atoms with Crippen molar-refractivity contribution in [1.29, 1.82) is 0 Å². The molecule has 11 nitrogen and oxygen atoms in total. The Morgan fingerprint density at radius 3 is 2.09 bits per heavy atom. The van der Waals surface area contributed by atoms with Crippen LogP contribution in [0.25, 0.3) is 0 Å². The highest BCUT2D eigenvalue weighted by molar-refractivity contribution is 5.73. The Labute approximate surface area is 321 Å². The Morgan fingerprint density at radius 2 is 1.55 bits per heavy atom. The Balaban J connectivity index is 2.15. The molecular formula is C42H77NO10. The summed E-state index contributed by atoms with van der Waals surface area (Å²) in [5.41, 5.74) is -1.61. The number of cyclic esters (lactones) is 1. The zero-order valence-corrected chi connectivity index (χ0v) is 36.3. The second-order valence-electron chi connectivity index (χ2n) is 18.9. The van der Waals surface area contributed by atoms with Crippen molar-refractivity contribution in [2.75, 3.05) is 21.2 Å². The predicted molar refractivity (Wildman–Crippen MR) is 205 cm³/mol. The van der Waals surface area contributed by atoms with E-state index in [1.54, 1.807) is 7.11 Å². The smallest absolute Gasteiger partial charge is 0.311 e. The van der Waals surface area contributed by atoms with Crippen LogP contribution in [0.2, 0.25) is 0 Å². The van der Waals surface area contributed by atoms with Gasteiger partial charge in [-0.1, -0.05) is 62.3 Å². The number of hydrogen-bond donors (Lipinski definition) is 1. The standard InChI is InChI=1S/C42H77NO10/c1-18-32-41(12,13)28(7)24(3)19-23(2)21-40(10,11)36(53-39-34(45)31(43(15)16)20-25(4)48-39)26(5)35(27(6)38(46)51-32)52-33-22-42(14,47-17)37(29(8)49-33)50-30(9)44/h23-29,31-37,39,45H,18-22H2,1-17H3/t23?,24?,25?,26?,27?,28-,29?,31?,32-,33?,34?,35?,36?,37?,39?,42?/m1/s1. The fourth-order valence-corrected chi connectivity index (χ4v) is 9.95. The van der Waals surface area contributed by atoms with Gasteiger partial charge in [-0.15, -0.1) is 0 Å². The average Bonchev–Trinajstić information content (AvgIpc) is 3.05. The van der Waals surface area contributed by atoms with Crippen LogP contribution in [0.15, 0.2) is 0 Å². The Kier molecular flexibility index (Phi) is 15.9. The maximum atomic E-state index is 14.4. The van der Waals surface area contributed by atoms with Gasteiger partial charge < -0.3 is 43.2 Å². The van der Waals surface area contributed by atoms with E-state index >= 15 is 0 Å². The van der Waals surface area contributed by atoms with Gasteiger partial charge in [0.05, 0.1) is 30.3 Å². The second-order valence-corrected chi connectivity index (χ2v) is 18.9. The van der Waals surface area contributed by atoms with Gasteiger partial charge in [-0.3, -0.25) is 9.59 Å². The molecule has 310 valence electrons.